The van der Waals surface area contributed by atoms with Crippen molar-refractivity contribution in [2.24, 2.45) is 5.84 Å². The third-order valence-corrected chi connectivity index (χ3v) is 2.53. The van der Waals surface area contributed by atoms with Gasteiger partial charge < -0.3 is 9.57 Å². The van der Waals surface area contributed by atoms with E-state index in [-0.39, 0.29) is 0 Å². The summed E-state index contributed by atoms with van der Waals surface area (Å²) in [5.41, 5.74) is 0.0488. The number of carbonyl (C=O) groups excluding carboxylic acids is 2. The molecule has 0 saturated carbocycles. The van der Waals surface area contributed by atoms with E-state index in [1.54, 1.807) is 45.9 Å². The van der Waals surface area contributed by atoms with E-state index in [0.29, 0.717) is 21.5 Å². The van der Waals surface area contributed by atoms with Crippen LogP contribution in [-0.2, 0) is 14.3 Å². The number of ether oxygens (including phenoxy) is 1. The maximum absolute atomic E-state index is 11.8. The molecule has 0 radical (unpaired) electrons. The lowest BCUT2D eigenvalue weighted by atomic mass is 10.2. The molecular formula is C16H25ClN2O4. The van der Waals surface area contributed by atoms with Gasteiger partial charge in [0.25, 0.3) is 5.91 Å². The molecule has 7 heteroatoms. The zero-order valence-electron chi connectivity index (χ0n) is 14.5. The van der Waals surface area contributed by atoms with Gasteiger partial charge in [0.2, 0.25) is 0 Å². The molecule has 0 heterocycles. The Morgan fingerprint density at radius 1 is 1.26 bits per heavy atom. The molecule has 0 aliphatic carbocycles. The van der Waals surface area contributed by atoms with Gasteiger partial charge in [-0.25, -0.2) is 5.84 Å². The van der Waals surface area contributed by atoms with Crippen LogP contribution in [0.4, 0.5) is 0 Å². The summed E-state index contributed by atoms with van der Waals surface area (Å²) in [7, 11) is 0. The predicted molar refractivity (Wildman–Crippen MR) is 89.7 cm³/mol. The number of amides is 1. The third-order valence-electron chi connectivity index (χ3n) is 2.30. The minimum absolute atomic E-state index is 0.374. The number of hydroxylamine groups is 1. The van der Waals surface area contributed by atoms with E-state index < -0.39 is 23.9 Å². The Morgan fingerprint density at radius 3 is 2.30 bits per heavy atom. The Labute approximate surface area is 142 Å². The first kappa shape index (κ1) is 21.2. The molecule has 2 N–H and O–H groups in total. The number of nitrogens with two attached hydrogens (primary N) is 1. The minimum atomic E-state index is -0.710. The average molecular weight is 345 g/mol. The summed E-state index contributed by atoms with van der Waals surface area (Å²) in [6, 6.07) is 4.86. The normalized spacial score (nSPS) is 10.3. The first-order valence-electron chi connectivity index (χ1n) is 7.32. The van der Waals surface area contributed by atoms with E-state index in [1.165, 1.54) is 0 Å². The second-order valence-electron chi connectivity index (χ2n) is 5.48. The van der Waals surface area contributed by atoms with Crippen molar-refractivity contribution in [2.75, 3.05) is 0 Å². The Balaban J connectivity index is 0.00000232. The number of aryl methyl sites for hydroxylation is 1. The standard InChI is InChI=1S/C14H19ClN2O4.C2H6/c1-9-7-10(15)5-6-11(9)21-17(16)12(18)8-13(19)20-14(2,3)4;1-2/h5-7H,8,16H2,1-4H3;1-2H3. The molecule has 0 unspecified atom stereocenters. The zero-order chi connectivity index (χ0) is 18.2. The molecule has 1 aromatic rings. The molecule has 0 fully saturated rings. The van der Waals surface area contributed by atoms with Crippen molar-refractivity contribution in [1.82, 2.24) is 5.17 Å². The zero-order valence-corrected chi connectivity index (χ0v) is 15.2. The predicted octanol–water partition coefficient (Wildman–Crippen LogP) is 3.40. The second kappa shape index (κ2) is 9.37. The molecule has 0 saturated heterocycles. The molecular weight excluding hydrogens is 320 g/mol. The van der Waals surface area contributed by atoms with Crippen LogP contribution in [0.15, 0.2) is 18.2 Å². The monoisotopic (exact) mass is 344 g/mol. The highest BCUT2D eigenvalue weighted by molar-refractivity contribution is 6.30. The van der Waals surface area contributed by atoms with Gasteiger partial charge in [0, 0.05) is 5.02 Å². The van der Waals surface area contributed by atoms with Crippen molar-refractivity contribution in [1.29, 1.82) is 0 Å². The number of esters is 1. The summed E-state index contributed by atoms with van der Waals surface area (Å²) < 4.78 is 5.03. The van der Waals surface area contributed by atoms with Crippen LogP contribution in [0.25, 0.3) is 0 Å². The van der Waals surface area contributed by atoms with E-state index in [9.17, 15) is 9.59 Å². The Morgan fingerprint density at radius 2 is 1.83 bits per heavy atom. The Hall–Kier alpha value is -1.79. The quantitative estimate of drug-likeness (QED) is 0.297. The van der Waals surface area contributed by atoms with Gasteiger partial charge in [-0.15, -0.1) is 5.17 Å². The molecule has 1 amide bonds. The lowest BCUT2D eigenvalue weighted by Gasteiger charge is -2.21. The van der Waals surface area contributed by atoms with Crippen LogP contribution >= 0.6 is 11.6 Å². The van der Waals surface area contributed by atoms with Gasteiger partial charge in [-0.1, -0.05) is 25.4 Å². The summed E-state index contributed by atoms with van der Waals surface area (Å²) in [6.07, 6.45) is -0.500. The number of hydrogen-bond donors (Lipinski definition) is 1. The van der Waals surface area contributed by atoms with E-state index >= 15 is 0 Å². The van der Waals surface area contributed by atoms with Crippen molar-refractivity contribution < 1.29 is 19.2 Å². The number of hydrazine groups is 1. The van der Waals surface area contributed by atoms with E-state index in [4.69, 9.17) is 27.0 Å². The maximum Gasteiger partial charge on any atom is 0.316 e. The lowest BCUT2D eigenvalue weighted by molar-refractivity contribution is -0.168. The van der Waals surface area contributed by atoms with Crippen LogP contribution in [0.3, 0.4) is 0 Å². The molecule has 130 valence electrons. The van der Waals surface area contributed by atoms with Gasteiger partial charge in [-0.3, -0.25) is 9.59 Å². The molecule has 0 aliphatic rings. The Kier molecular flexibility index (Phi) is 8.64. The molecule has 1 aromatic carbocycles. The molecule has 0 aliphatic heterocycles. The number of carbonyl (C=O) groups is 2. The van der Waals surface area contributed by atoms with Crippen LogP contribution in [0.1, 0.15) is 46.6 Å². The largest absolute Gasteiger partial charge is 0.460 e. The number of rotatable bonds is 4. The first-order chi connectivity index (χ1) is 10.6. The summed E-state index contributed by atoms with van der Waals surface area (Å²) in [5.74, 6) is 4.49. The van der Waals surface area contributed by atoms with Gasteiger partial charge in [0.05, 0.1) is 0 Å². The van der Waals surface area contributed by atoms with E-state index in [2.05, 4.69) is 0 Å². The lowest BCUT2D eigenvalue weighted by Crippen LogP contribution is -2.42. The highest BCUT2D eigenvalue weighted by atomic mass is 35.5. The van der Waals surface area contributed by atoms with Crippen molar-refractivity contribution in [3.63, 3.8) is 0 Å². The fourth-order valence-corrected chi connectivity index (χ4v) is 1.68. The fraction of sp³-hybridized carbons (Fsp3) is 0.500. The van der Waals surface area contributed by atoms with Gasteiger partial charge in [-0.2, -0.15) is 0 Å². The van der Waals surface area contributed by atoms with Crippen molar-refractivity contribution in [3.8, 4) is 5.75 Å². The second-order valence-corrected chi connectivity index (χ2v) is 5.92. The maximum atomic E-state index is 11.8. The van der Waals surface area contributed by atoms with Crippen LogP contribution < -0.4 is 10.7 Å². The van der Waals surface area contributed by atoms with Crippen LogP contribution in [-0.4, -0.2) is 22.6 Å². The molecule has 0 atom stereocenters. The number of nitrogens with zero attached hydrogens (tertiary/aromatic N) is 1. The van der Waals surface area contributed by atoms with Crippen LogP contribution in [0.5, 0.6) is 5.75 Å². The summed E-state index contributed by atoms with van der Waals surface area (Å²) in [4.78, 5) is 28.5. The van der Waals surface area contributed by atoms with Gasteiger partial charge in [-0.05, 0) is 51.5 Å². The van der Waals surface area contributed by atoms with Crippen LogP contribution in [0.2, 0.25) is 5.02 Å². The highest BCUT2D eigenvalue weighted by Gasteiger charge is 2.22. The number of benzene rings is 1. The average Bonchev–Trinajstić information content (AvgIpc) is 2.41. The fourth-order valence-electron chi connectivity index (χ4n) is 1.45. The third kappa shape index (κ3) is 8.42. The topological polar surface area (TPSA) is 81.9 Å². The summed E-state index contributed by atoms with van der Waals surface area (Å²) >= 11 is 5.82. The molecule has 0 bridgehead atoms. The molecule has 1 rings (SSSR count). The van der Waals surface area contributed by atoms with Gasteiger partial charge in [0.15, 0.2) is 5.75 Å². The van der Waals surface area contributed by atoms with Crippen molar-refractivity contribution in [2.45, 2.75) is 53.6 Å². The van der Waals surface area contributed by atoms with Crippen molar-refractivity contribution >= 4 is 23.5 Å². The summed E-state index contributed by atoms with van der Waals surface area (Å²) in [5, 5.41) is 1.06. The minimum Gasteiger partial charge on any atom is -0.460 e. The Bertz CT molecular complexity index is 541. The van der Waals surface area contributed by atoms with Gasteiger partial charge >= 0.3 is 5.97 Å². The molecule has 6 nitrogen and oxygen atoms in total. The highest BCUT2D eigenvalue weighted by Crippen LogP contribution is 2.22. The molecule has 0 spiro atoms. The summed E-state index contributed by atoms with van der Waals surface area (Å²) in [6.45, 7) is 10.9. The molecule has 23 heavy (non-hydrogen) atoms. The SMILES string of the molecule is CC.Cc1cc(Cl)ccc1ON(N)C(=O)CC(=O)OC(C)(C)C. The molecule has 0 aromatic heterocycles. The van der Waals surface area contributed by atoms with E-state index in [1.807, 2.05) is 13.8 Å². The van der Waals surface area contributed by atoms with E-state index in [0.717, 1.165) is 0 Å². The smallest absolute Gasteiger partial charge is 0.316 e. The van der Waals surface area contributed by atoms with Crippen LogP contribution in [0, 0.1) is 6.92 Å². The number of hydrogen-bond acceptors (Lipinski definition) is 5. The first-order valence-corrected chi connectivity index (χ1v) is 7.70. The van der Waals surface area contributed by atoms with Gasteiger partial charge in [0.1, 0.15) is 12.0 Å². The van der Waals surface area contributed by atoms with Crippen molar-refractivity contribution in [3.05, 3.63) is 28.8 Å². The number of halogens is 1.